The van der Waals surface area contributed by atoms with Gasteiger partial charge in [0.15, 0.2) is 0 Å². The number of piperidine rings is 1. The second-order valence-electron chi connectivity index (χ2n) is 8.24. The van der Waals surface area contributed by atoms with Crippen LogP contribution in [-0.4, -0.2) is 45.8 Å². The zero-order valence-corrected chi connectivity index (χ0v) is 18.7. The predicted molar refractivity (Wildman–Crippen MR) is 123 cm³/mol. The lowest BCUT2D eigenvalue weighted by Gasteiger charge is -2.23. The second-order valence-corrected chi connectivity index (χ2v) is 8.24. The van der Waals surface area contributed by atoms with E-state index in [4.69, 9.17) is 4.74 Å². The Morgan fingerprint density at radius 2 is 1.97 bits per heavy atom. The lowest BCUT2D eigenvalue weighted by molar-refractivity contribution is -0.139. The number of methoxy groups -OCH3 is 1. The number of hydrogen-bond donors (Lipinski definition) is 2. The summed E-state index contributed by atoms with van der Waals surface area (Å²) in [4.78, 5) is 13.5. The molecule has 0 saturated carbocycles. The molecule has 2 aromatic carbocycles. The lowest BCUT2D eigenvalue weighted by atomic mass is 10.1. The number of halogens is 4. The zero-order chi connectivity index (χ0) is 24.6. The molecule has 1 aliphatic heterocycles. The van der Waals surface area contributed by atoms with Gasteiger partial charge in [-0.2, -0.15) is 18.2 Å². The number of rotatable bonds is 5. The molecule has 0 amide bonds. The SMILES string of the molecule is COc1ccc2nc(-c3ccc(F)c(C(F)(F)F)c3)n(-c3ccnc(N[C@@H]4CCCNC4)n3)c2c1. The summed E-state index contributed by atoms with van der Waals surface area (Å²) in [6.07, 6.45) is -1.28. The van der Waals surface area contributed by atoms with Crippen LogP contribution in [0.2, 0.25) is 0 Å². The minimum atomic E-state index is -4.85. The fraction of sp³-hybridized carbons (Fsp3) is 0.292. The Kier molecular flexibility index (Phi) is 6.01. The number of benzene rings is 2. The minimum Gasteiger partial charge on any atom is -0.497 e. The van der Waals surface area contributed by atoms with Gasteiger partial charge in [0.1, 0.15) is 23.2 Å². The molecule has 3 heterocycles. The number of nitrogens with one attached hydrogen (secondary N) is 2. The molecule has 1 fully saturated rings. The summed E-state index contributed by atoms with van der Waals surface area (Å²) < 4.78 is 61.2. The highest BCUT2D eigenvalue weighted by Gasteiger charge is 2.34. The smallest absolute Gasteiger partial charge is 0.419 e. The molecule has 182 valence electrons. The maximum Gasteiger partial charge on any atom is 0.419 e. The van der Waals surface area contributed by atoms with E-state index < -0.39 is 17.6 Å². The van der Waals surface area contributed by atoms with Crippen LogP contribution in [0.3, 0.4) is 0 Å². The van der Waals surface area contributed by atoms with Gasteiger partial charge in [-0.3, -0.25) is 4.57 Å². The van der Waals surface area contributed by atoms with Crippen LogP contribution in [0.5, 0.6) is 5.75 Å². The van der Waals surface area contributed by atoms with Gasteiger partial charge in [-0.05, 0) is 55.8 Å². The molecule has 35 heavy (non-hydrogen) atoms. The first-order chi connectivity index (χ1) is 16.8. The van der Waals surface area contributed by atoms with E-state index in [1.807, 2.05) is 0 Å². The number of fused-ring (bicyclic) bond motifs is 1. The van der Waals surface area contributed by atoms with Crippen LogP contribution in [0, 0.1) is 5.82 Å². The first-order valence-electron chi connectivity index (χ1n) is 11.1. The summed E-state index contributed by atoms with van der Waals surface area (Å²) in [7, 11) is 1.52. The van der Waals surface area contributed by atoms with Crippen molar-refractivity contribution in [1.29, 1.82) is 0 Å². The molecule has 1 atom stereocenters. The number of imidazole rings is 1. The van der Waals surface area contributed by atoms with Crippen molar-refractivity contribution in [2.24, 2.45) is 0 Å². The number of hydrogen-bond acceptors (Lipinski definition) is 6. The van der Waals surface area contributed by atoms with Gasteiger partial charge in [-0.15, -0.1) is 0 Å². The molecule has 0 unspecified atom stereocenters. The van der Waals surface area contributed by atoms with Crippen LogP contribution in [0.25, 0.3) is 28.2 Å². The highest BCUT2D eigenvalue weighted by Crippen LogP contribution is 2.36. The third kappa shape index (κ3) is 4.63. The third-order valence-electron chi connectivity index (χ3n) is 5.89. The summed E-state index contributed by atoms with van der Waals surface area (Å²) in [5, 5.41) is 6.63. The molecular formula is C24H22F4N6O. The second kappa shape index (κ2) is 9.14. The average Bonchev–Trinajstić information content (AvgIpc) is 3.23. The van der Waals surface area contributed by atoms with Crippen LogP contribution in [-0.2, 0) is 6.18 Å². The normalized spacial score (nSPS) is 16.4. The van der Waals surface area contributed by atoms with Crippen molar-refractivity contribution in [2.45, 2.75) is 25.1 Å². The van der Waals surface area contributed by atoms with Crippen LogP contribution >= 0.6 is 0 Å². The number of anilines is 1. The molecular weight excluding hydrogens is 464 g/mol. The minimum absolute atomic E-state index is 0.0958. The van der Waals surface area contributed by atoms with E-state index in [1.165, 1.54) is 13.2 Å². The Morgan fingerprint density at radius 3 is 2.71 bits per heavy atom. The van der Waals surface area contributed by atoms with Crippen LogP contribution in [0.15, 0.2) is 48.7 Å². The number of ether oxygens (including phenoxy) is 1. The van der Waals surface area contributed by atoms with Crippen molar-refractivity contribution >= 4 is 17.0 Å². The van der Waals surface area contributed by atoms with Gasteiger partial charge in [0.2, 0.25) is 5.95 Å². The molecule has 0 spiro atoms. The molecule has 0 radical (unpaired) electrons. The summed E-state index contributed by atoms with van der Waals surface area (Å²) in [5.41, 5.74) is -0.177. The maximum atomic E-state index is 14.0. The quantitative estimate of drug-likeness (QED) is 0.394. The number of aromatic nitrogens is 4. The van der Waals surface area contributed by atoms with Crippen LogP contribution in [0.1, 0.15) is 18.4 Å². The maximum absolute atomic E-state index is 14.0. The molecule has 4 aromatic rings. The van der Waals surface area contributed by atoms with E-state index in [2.05, 4.69) is 25.6 Å². The van der Waals surface area contributed by atoms with Gasteiger partial charge >= 0.3 is 6.18 Å². The Morgan fingerprint density at radius 1 is 1.11 bits per heavy atom. The Balaban J connectivity index is 1.66. The molecule has 5 rings (SSSR count). The zero-order valence-electron chi connectivity index (χ0n) is 18.7. The van der Waals surface area contributed by atoms with Gasteiger partial charge in [0, 0.05) is 30.4 Å². The van der Waals surface area contributed by atoms with E-state index in [0.717, 1.165) is 38.1 Å². The Hall–Kier alpha value is -3.73. The standard InChI is InChI=1S/C24H22F4N6O/c1-35-16-5-7-19-20(12-16)34(21-8-10-30-23(33-21)31-15-3-2-9-29-13-15)22(32-19)14-4-6-18(25)17(11-14)24(26,27)28/h4-8,10-12,15,29H,2-3,9,13H2,1H3,(H,30,31,33)/t15-/m1/s1. The monoisotopic (exact) mass is 486 g/mol. The van der Waals surface area contributed by atoms with Crippen molar-refractivity contribution in [3.05, 3.63) is 60.0 Å². The van der Waals surface area contributed by atoms with Crippen molar-refractivity contribution in [2.75, 3.05) is 25.5 Å². The highest BCUT2D eigenvalue weighted by molar-refractivity contribution is 5.84. The van der Waals surface area contributed by atoms with Crippen molar-refractivity contribution in [3.8, 4) is 23.0 Å². The summed E-state index contributed by atoms with van der Waals surface area (Å²) in [6, 6.07) is 9.76. The van der Waals surface area contributed by atoms with Crippen molar-refractivity contribution < 1.29 is 22.3 Å². The topological polar surface area (TPSA) is 76.9 Å². The fourth-order valence-corrected chi connectivity index (χ4v) is 4.19. The predicted octanol–water partition coefficient (Wildman–Crippen LogP) is 4.81. The first kappa shape index (κ1) is 23.0. The molecule has 11 heteroatoms. The molecule has 7 nitrogen and oxygen atoms in total. The van der Waals surface area contributed by atoms with Crippen LogP contribution < -0.4 is 15.4 Å². The van der Waals surface area contributed by atoms with E-state index in [-0.39, 0.29) is 17.4 Å². The van der Waals surface area contributed by atoms with Crippen molar-refractivity contribution in [3.63, 3.8) is 0 Å². The van der Waals surface area contributed by atoms with Crippen molar-refractivity contribution in [1.82, 2.24) is 24.8 Å². The lowest BCUT2D eigenvalue weighted by Crippen LogP contribution is -2.38. The van der Waals surface area contributed by atoms with Gasteiger partial charge in [0.05, 0.1) is 23.7 Å². The molecule has 0 bridgehead atoms. The molecule has 1 aliphatic rings. The van der Waals surface area contributed by atoms with Gasteiger partial charge < -0.3 is 15.4 Å². The van der Waals surface area contributed by atoms with E-state index in [0.29, 0.717) is 28.5 Å². The van der Waals surface area contributed by atoms with E-state index >= 15 is 0 Å². The highest BCUT2D eigenvalue weighted by atomic mass is 19.4. The summed E-state index contributed by atoms with van der Waals surface area (Å²) in [6.45, 7) is 1.74. The average molecular weight is 486 g/mol. The van der Waals surface area contributed by atoms with Gasteiger partial charge in [0.25, 0.3) is 0 Å². The van der Waals surface area contributed by atoms with E-state index in [9.17, 15) is 17.6 Å². The van der Waals surface area contributed by atoms with Gasteiger partial charge in [-0.25, -0.2) is 14.4 Å². The molecule has 2 N–H and O–H groups in total. The first-order valence-corrected chi connectivity index (χ1v) is 11.1. The summed E-state index contributed by atoms with van der Waals surface area (Å²) in [5.74, 6) is 0.167. The van der Waals surface area contributed by atoms with E-state index in [1.54, 1.807) is 35.0 Å². The van der Waals surface area contributed by atoms with Gasteiger partial charge in [-0.1, -0.05) is 0 Å². The molecule has 0 aliphatic carbocycles. The third-order valence-corrected chi connectivity index (χ3v) is 5.89. The largest absolute Gasteiger partial charge is 0.497 e. The van der Waals surface area contributed by atoms with Crippen LogP contribution in [0.4, 0.5) is 23.5 Å². The Labute approximate surface area is 198 Å². The Bertz CT molecular complexity index is 1360. The molecule has 2 aromatic heterocycles. The molecule has 1 saturated heterocycles. The number of nitrogens with zero attached hydrogens (tertiary/aromatic N) is 4. The summed E-state index contributed by atoms with van der Waals surface area (Å²) >= 11 is 0. The number of alkyl halides is 3. The fourth-order valence-electron chi connectivity index (χ4n) is 4.19.